The van der Waals surface area contributed by atoms with Gasteiger partial charge in [0.25, 0.3) is 11.8 Å². The molecule has 0 aliphatic carbocycles. The first kappa shape index (κ1) is 17.9. The van der Waals surface area contributed by atoms with Crippen LogP contribution in [0.2, 0.25) is 5.02 Å². The van der Waals surface area contributed by atoms with Crippen molar-refractivity contribution in [3.63, 3.8) is 0 Å². The summed E-state index contributed by atoms with van der Waals surface area (Å²) in [5.41, 5.74) is 4.91. The Labute approximate surface area is 171 Å². The topological polar surface area (TPSA) is 71.3 Å². The quantitative estimate of drug-likeness (QED) is 0.505. The Morgan fingerprint density at radius 2 is 1.72 bits per heavy atom. The van der Waals surface area contributed by atoms with E-state index in [1.54, 1.807) is 6.07 Å². The molecule has 2 N–H and O–H groups in total. The van der Waals surface area contributed by atoms with Gasteiger partial charge in [0.2, 0.25) is 0 Å². The number of imide groups is 1. The van der Waals surface area contributed by atoms with Crippen LogP contribution in [0.25, 0.3) is 32.9 Å². The highest BCUT2D eigenvalue weighted by atomic mass is 35.5. The lowest BCUT2D eigenvalue weighted by Crippen LogP contribution is -2.20. The highest BCUT2D eigenvalue weighted by molar-refractivity contribution is 6.36. The standard InChI is InChI=1S/C23H17ClN2O3/c1-26-17-10-12(8-9-27)6-7-14(17)19-18(26)11-15(13-4-2-3-5-16(13)24)20-21(19)23(29)25-22(20)28/h2-7,10-11,27H,8-9H2,1H3,(H,25,28,29). The van der Waals surface area contributed by atoms with Gasteiger partial charge in [-0.3, -0.25) is 14.9 Å². The largest absolute Gasteiger partial charge is 0.396 e. The molecule has 5 nitrogen and oxygen atoms in total. The van der Waals surface area contributed by atoms with Gasteiger partial charge in [-0.15, -0.1) is 0 Å². The zero-order valence-electron chi connectivity index (χ0n) is 15.6. The Kier molecular flexibility index (Phi) is 3.98. The fourth-order valence-corrected chi connectivity index (χ4v) is 4.51. The van der Waals surface area contributed by atoms with Gasteiger partial charge in [-0.1, -0.05) is 41.9 Å². The number of aliphatic hydroxyl groups excluding tert-OH is 1. The van der Waals surface area contributed by atoms with Gasteiger partial charge < -0.3 is 9.67 Å². The van der Waals surface area contributed by atoms with Crippen molar-refractivity contribution in [1.82, 2.24) is 9.88 Å². The third kappa shape index (κ3) is 2.51. The lowest BCUT2D eigenvalue weighted by Gasteiger charge is -2.10. The Balaban J connectivity index is 1.95. The second-order valence-corrected chi connectivity index (χ2v) is 7.62. The first-order chi connectivity index (χ1) is 14.0. The summed E-state index contributed by atoms with van der Waals surface area (Å²) in [5.74, 6) is -0.799. The lowest BCUT2D eigenvalue weighted by atomic mass is 9.92. The normalized spacial score (nSPS) is 13.3. The molecular formula is C23H17ClN2O3. The molecule has 6 heteroatoms. The highest BCUT2D eigenvalue weighted by Gasteiger charge is 2.34. The number of nitrogens with one attached hydrogen (secondary N) is 1. The number of rotatable bonds is 3. The summed E-state index contributed by atoms with van der Waals surface area (Å²) in [5, 5.41) is 13.9. The van der Waals surface area contributed by atoms with Crippen LogP contribution in [0.4, 0.5) is 0 Å². The van der Waals surface area contributed by atoms with Gasteiger partial charge in [-0.25, -0.2) is 0 Å². The van der Waals surface area contributed by atoms with E-state index in [0.29, 0.717) is 33.7 Å². The number of fused-ring (bicyclic) bond motifs is 5. The molecule has 0 saturated carbocycles. The van der Waals surface area contributed by atoms with Crippen molar-refractivity contribution in [2.45, 2.75) is 6.42 Å². The molecule has 0 unspecified atom stereocenters. The van der Waals surface area contributed by atoms with Crippen molar-refractivity contribution >= 4 is 45.2 Å². The summed E-state index contributed by atoms with van der Waals surface area (Å²) in [7, 11) is 1.94. The number of amides is 2. The first-order valence-corrected chi connectivity index (χ1v) is 9.68. The first-order valence-electron chi connectivity index (χ1n) is 9.30. The van der Waals surface area contributed by atoms with Gasteiger partial charge in [0.05, 0.1) is 16.6 Å². The van der Waals surface area contributed by atoms with E-state index >= 15 is 0 Å². The number of benzene rings is 3. The molecule has 29 heavy (non-hydrogen) atoms. The number of aliphatic hydroxyl groups is 1. The fraction of sp³-hybridized carbons (Fsp3) is 0.130. The predicted octanol–water partition coefficient (Wildman–Crippen LogP) is 4.07. The minimum absolute atomic E-state index is 0.0679. The van der Waals surface area contributed by atoms with E-state index in [-0.39, 0.29) is 6.61 Å². The van der Waals surface area contributed by atoms with E-state index in [1.165, 1.54) is 0 Å². The molecule has 0 spiro atoms. The Bertz CT molecular complexity index is 1350. The third-order valence-corrected chi connectivity index (χ3v) is 5.94. The van der Waals surface area contributed by atoms with E-state index in [4.69, 9.17) is 11.6 Å². The maximum absolute atomic E-state index is 12.8. The molecule has 0 radical (unpaired) electrons. The Morgan fingerprint density at radius 1 is 0.966 bits per heavy atom. The van der Waals surface area contributed by atoms with E-state index in [0.717, 1.165) is 27.4 Å². The summed E-state index contributed by atoms with van der Waals surface area (Å²) in [6.07, 6.45) is 0.555. The van der Waals surface area contributed by atoms with E-state index in [2.05, 4.69) is 5.32 Å². The average molecular weight is 405 g/mol. The van der Waals surface area contributed by atoms with E-state index in [9.17, 15) is 14.7 Å². The Hall–Kier alpha value is -3.15. The van der Waals surface area contributed by atoms with Gasteiger partial charge in [0.1, 0.15) is 0 Å². The predicted molar refractivity (Wildman–Crippen MR) is 113 cm³/mol. The van der Waals surface area contributed by atoms with Gasteiger partial charge in [0, 0.05) is 40.5 Å². The molecule has 1 aromatic heterocycles. The summed E-state index contributed by atoms with van der Waals surface area (Å²) in [6, 6.07) is 15.1. The minimum atomic E-state index is -0.407. The fourth-order valence-electron chi connectivity index (χ4n) is 4.27. The van der Waals surface area contributed by atoms with E-state index in [1.807, 2.05) is 54.1 Å². The maximum atomic E-state index is 12.8. The molecule has 144 valence electrons. The van der Waals surface area contributed by atoms with Crippen LogP contribution >= 0.6 is 11.6 Å². The monoisotopic (exact) mass is 404 g/mol. The van der Waals surface area contributed by atoms with Gasteiger partial charge >= 0.3 is 0 Å². The van der Waals surface area contributed by atoms with Crippen molar-refractivity contribution in [2.75, 3.05) is 6.61 Å². The minimum Gasteiger partial charge on any atom is -0.396 e. The number of carbonyl (C=O) groups is 2. The number of carbonyl (C=O) groups excluding carboxylic acids is 2. The molecule has 1 aliphatic heterocycles. The molecular weight excluding hydrogens is 388 g/mol. The summed E-state index contributed by atoms with van der Waals surface area (Å²) in [4.78, 5) is 25.5. The molecule has 0 atom stereocenters. The van der Waals surface area contributed by atoms with Crippen molar-refractivity contribution in [2.24, 2.45) is 7.05 Å². The Morgan fingerprint density at radius 3 is 2.48 bits per heavy atom. The van der Waals surface area contributed by atoms with Crippen LogP contribution in [0, 0.1) is 0 Å². The average Bonchev–Trinajstić information content (AvgIpc) is 3.16. The van der Waals surface area contributed by atoms with Crippen LogP contribution in [0.3, 0.4) is 0 Å². The molecule has 2 heterocycles. The number of hydrogen-bond donors (Lipinski definition) is 2. The van der Waals surface area contributed by atoms with Gasteiger partial charge in [-0.05, 0) is 35.7 Å². The molecule has 0 saturated heterocycles. The molecule has 0 fully saturated rings. The second kappa shape index (κ2) is 6.44. The van der Waals surface area contributed by atoms with Crippen LogP contribution in [-0.4, -0.2) is 28.1 Å². The van der Waals surface area contributed by atoms with Crippen LogP contribution in [0.1, 0.15) is 26.3 Å². The van der Waals surface area contributed by atoms with Gasteiger partial charge in [0.15, 0.2) is 0 Å². The molecule has 3 aromatic carbocycles. The SMILES string of the molecule is Cn1c2cc(CCO)ccc2c2c3c(c(-c4ccccc4Cl)cc21)C(=O)NC3=O. The number of hydrogen-bond acceptors (Lipinski definition) is 3. The van der Waals surface area contributed by atoms with Crippen molar-refractivity contribution in [3.8, 4) is 11.1 Å². The zero-order chi connectivity index (χ0) is 20.3. The van der Waals surface area contributed by atoms with Crippen LogP contribution in [0.5, 0.6) is 0 Å². The molecule has 0 bridgehead atoms. The number of nitrogens with zero attached hydrogens (tertiary/aromatic N) is 1. The van der Waals surface area contributed by atoms with Crippen LogP contribution < -0.4 is 5.32 Å². The summed E-state index contributed by atoms with van der Waals surface area (Å²) in [6.45, 7) is 0.0679. The molecule has 1 aliphatic rings. The number of aryl methyl sites for hydroxylation is 1. The summed E-state index contributed by atoms with van der Waals surface area (Å²) >= 11 is 6.42. The van der Waals surface area contributed by atoms with Crippen molar-refractivity contribution < 1.29 is 14.7 Å². The van der Waals surface area contributed by atoms with Crippen molar-refractivity contribution in [3.05, 3.63) is 70.2 Å². The lowest BCUT2D eigenvalue weighted by molar-refractivity contribution is 0.0880. The molecule has 4 aromatic rings. The van der Waals surface area contributed by atoms with Crippen LogP contribution in [0.15, 0.2) is 48.5 Å². The maximum Gasteiger partial charge on any atom is 0.259 e. The van der Waals surface area contributed by atoms with Crippen LogP contribution in [-0.2, 0) is 13.5 Å². The second-order valence-electron chi connectivity index (χ2n) is 7.22. The van der Waals surface area contributed by atoms with Gasteiger partial charge in [-0.2, -0.15) is 0 Å². The molecule has 2 amide bonds. The highest BCUT2D eigenvalue weighted by Crippen LogP contribution is 2.41. The van der Waals surface area contributed by atoms with Crippen molar-refractivity contribution in [1.29, 1.82) is 0 Å². The van der Waals surface area contributed by atoms with E-state index < -0.39 is 11.8 Å². The number of aromatic nitrogens is 1. The smallest absolute Gasteiger partial charge is 0.259 e. The molecule has 5 rings (SSSR count). The third-order valence-electron chi connectivity index (χ3n) is 5.61. The zero-order valence-corrected chi connectivity index (χ0v) is 16.4. The number of halogens is 1. The summed E-state index contributed by atoms with van der Waals surface area (Å²) < 4.78 is 2.02.